The number of nitrogens with zero attached hydrogens (tertiary/aromatic N) is 2. The molecule has 6 rings (SSSR count). The molecule has 0 atom stereocenters. The number of hydrogen-bond acceptors (Lipinski definition) is 2. The fourth-order valence-corrected chi connectivity index (χ4v) is 7.60. The average Bonchev–Trinajstić information content (AvgIpc) is 3.38. The molecule has 4 nitrogen and oxygen atoms in total. The van der Waals surface area contributed by atoms with E-state index in [2.05, 4.69) is 0 Å². The molecule has 0 unspecified atom stereocenters. The van der Waals surface area contributed by atoms with Crippen LogP contribution in [-0.4, -0.2) is 36.6 Å². The third-order valence-corrected chi connectivity index (χ3v) is 9.63. The molecule has 6 heteroatoms. The van der Waals surface area contributed by atoms with Crippen LogP contribution in [0, 0.1) is 0 Å². The molecule has 0 spiro atoms. The summed E-state index contributed by atoms with van der Waals surface area (Å²) in [5.41, 5.74) is 2.23. The molecule has 0 saturated heterocycles. The van der Waals surface area contributed by atoms with Crippen LogP contribution in [-0.2, 0) is 0 Å². The molecule has 0 aliphatic carbocycles. The van der Waals surface area contributed by atoms with Crippen LogP contribution in [0.15, 0.2) is 119 Å². The summed E-state index contributed by atoms with van der Waals surface area (Å²) in [5, 5.41) is 1.71. The van der Waals surface area contributed by atoms with Crippen LogP contribution in [0.25, 0.3) is 30.7 Å². The fourth-order valence-electron chi connectivity index (χ4n) is 3.41. The van der Waals surface area contributed by atoms with Crippen molar-refractivity contribution in [2.24, 2.45) is 0 Å². The number of rotatable bonds is 2. The van der Waals surface area contributed by atoms with Crippen LogP contribution < -0.4 is 11.1 Å². The van der Waals surface area contributed by atoms with E-state index in [4.69, 9.17) is 0 Å². The molecular formula is C26H18N2O2Se2. The molecular weight excluding hydrogens is 530 g/mol. The Morgan fingerprint density at radius 2 is 0.781 bits per heavy atom. The summed E-state index contributed by atoms with van der Waals surface area (Å²) >= 11 is 0.157. The molecule has 0 fully saturated rings. The van der Waals surface area contributed by atoms with Crippen LogP contribution in [0.5, 0.6) is 0 Å². The third-order valence-electron chi connectivity index (χ3n) is 4.96. The van der Waals surface area contributed by atoms with Crippen molar-refractivity contribution in [3.05, 3.63) is 130 Å². The summed E-state index contributed by atoms with van der Waals surface area (Å²) in [6.45, 7) is 0. The van der Waals surface area contributed by atoms with Crippen molar-refractivity contribution in [1.29, 1.82) is 0 Å². The topological polar surface area (TPSA) is 44.0 Å². The van der Waals surface area contributed by atoms with E-state index in [0.717, 1.165) is 22.1 Å². The van der Waals surface area contributed by atoms with Gasteiger partial charge in [0.2, 0.25) is 0 Å². The number of hydrogen-bond donors (Lipinski definition) is 0. The molecule has 156 valence electrons. The molecule has 0 amide bonds. The van der Waals surface area contributed by atoms with E-state index in [9.17, 15) is 9.59 Å². The summed E-state index contributed by atoms with van der Waals surface area (Å²) in [4.78, 5) is 24.3. The molecule has 6 aromatic rings. The maximum absolute atomic E-state index is 12.1. The van der Waals surface area contributed by atoms with Crippen molar-refractivity contribution >= 4 is 48.8 Å². The Balaban J connectivity index is 0.000000135. The monoisotopic (exact) mass is 550 g/mol. The van der Waals surface area contributed by atoms with Crippen molar-refractivity contribution in [1.82, 2.24) is 7.12 Å². The quantitative estimate of drug-likeness (QED) is 0.306. The van der Waals surface area contributed by atoms with Gasteiger partial charge in [0.15, 0.2) is 0 Å². The molecule has 32 heavy (non-hydrogen) atoms. The predicted octanol–water partition coefficient (Wildman–Crippen LogP) is 4.10. The van der Waals surface area contributed by atoms with E-state index in [0.29, 0.717) is 0 Å². The SMILES string of the molecule is O=c1c2ccccc2[se]n1-c1ccccc1.O=c1c2ccccc2[se]n1-c1ccccc1. The number of para-hydroxylation sites is 2. The van der Waals surface area contributed by atoms with Crippen LogP contribution >= 0.6 is 0 Å². The van der Waals surface area contributed by atoms with Gasteiger partial charge in [0.25, 0.3) is 0 Å². The third kappa shape index (κ3) is 4.02. The van der Waals surface area contributed by atoms with Gasteiger partial charge in [-0.05, 0) is 0 Å². The Bertz CT molecular complexity index is 1490. The van der Waals surface area contributed by atoms with E-state index >= 15 is 0 Å². The maximum atomic E-state index is 12.1. The minimum atomic E-state index is 0.0784. The van der Waals surface area contributed by atoms with Gasteiger partial charge in [0, 0.05) is 0 Å². The summed E-state index contributed by atoms with van der Waals surface area (Å²) in [5.74, 6) is 0. The van der Waals surface area contributed by atoms with Gasteiger partial charge >= 0.3 is 197 Å². The van der Waals surface area contributed by atoms with Crippen molar-refractivity contribution in [3.63, 3.8) is 0 Å². The van der Waals surface area contributed by atoms with Crippen LogP contribution in [0.4, 0.5) is 0 Å². The van der Waals surface area contributed by atoms with Gasteiger partial charge in [0.1, 0.15) is 0 Å². The number of fused-ring (bicyclic) bond motifs is 2. The summed E-state index contributed by atoms with van der Waals surface area (Å²) in [6, 6.07) is 35.4. The second-order valence-corrected chi connectivity index (χ2v) is 11.2. The van der Waals surface area contributed by atoms with Crippen LogP contribution in [0.1, 0.15) is 0 Å². The fraction of sp³-hybridized carbons (Fsp3) is 0. The van der Waals surface area contributed by atoms with Gasteiger partial charge in [-0.3, -0.25) is 0 Å². The zero-order valence-corrected chi connectivity index (χ0v) is 20.3. The molecule has 2 heterocycles. The van der Waals surface area contributed by atoms with Crippen LogP contribution in [0.2, 0.25) is 0 Å². The molecule has 4 aromatic carbocycles. The van der Waals surface area contributed by atoms with Crippen molar-refractivity contribution in [2.75, 3.05) is 0 Å². The molecule has 0 bridgehead atoms. The van der Waals surface area contributed by atoms with Gasteiger partial charge in [-0.2, -0.15) is 0 Å². The minimum absolute atomic E-state index is 0.0784. The first-order valence-corrected chi connectivity index (χ1v) is 13.3. The van der Waals surface area contributed by atoms with Gasteiger partial charge < -0.3 is 0 Å². The van der Waals surface area contributed by atoms with E-state index < -0.39 is 0 Å². The van der Waals surface area contributed by atoms with Gasteiger partial charge in [-0.25, -0.2) is 0 Å². The predicted molar refractivity (Wildman–Crippen MR) is 133 cm³/mol. The molecule has 0 radical (unpaired) electrons. The summed E-state index contributed by atoms with van der Waals surface area (Å²) in [7, 11) is 0. The van der Waals surface area contributed by atoms with Crippen molar-refractivity contribution < 1.29 is 0 Å². The van der Waals surface area contributed by atoms with E-state index in [1.807, 2.05) is 116 Å². The summed E-state index contributed by atoms with van der Waals surface area (Å²) < 4.78 is 6.09. The Morgan fingerprint density at radius 1 is 0.438 bits per heavy atom. The molecule has 0 N–H and O–H groups in total. The molecule has 0 saturated carbocycles. The zero-order chi connectivity index (χ0) is 21.9. The summed E-state index contributed by atoms with van der Waals surface area (Å²) in [6.07, 6.45) is 0. The Kier molecular flexibility index (Phi) is 5.93. The Hall–Kier alpha value is -3.14. The number of aromatic nitrogens is 2. The van der Waals surface area contributed by atoms with Crippen molar-refractivity contribution in [2.45, 2.75) is 0 Å². The average molecular weight is 548 g/mol. The van der Waals surface area contributed by atoms with Crippen LogP contribution in [0.3, 0.4) is 0 Å². The van der Waals surface area contributed by atoms with Gasteiger partial charge in [-0.1, -0.05) is 0 Å². The zero-order valence-electron chi connectivity index (χ0n) is 16.9. The Morgan fingerprint density at radius 3 is 1.16 bits per heavy atom. The molecule has 2 aromatic heterocycles. The number of benzene rings is 4. The first kappa shape index (κ1) is 20.7. The van der Waals surface area contributed by atoms with Gasteiger partial charge in [-0.15, -0.1) is 0 Å². The van der Waals surface area contributed by atoms with Crippen molar-refractivity contribution in [3.8, 4) is 11.4 Å². The molecule has 0 aliphatic heterocycles. The normalized spacial score (nSPS) is 10.8. The van der Waals surface area contributed by atoms with E-state index in [1.54, 1.807) is 0 Å². The first-order chi connectivity index (χ1) is 15.7. The van der Waals surface area contributed by atoms with E-state index in [1.165, 1.54) is 8.52 Å². The van der Waals surface area contributed by atoms with E-state index in [-0.39, 0.29) is 40.6 Å². The van der Waals surface area contributed by atoms with Gasteiger partial charge in [0.05, 0.1) is 0 Å². The second-order valence-electron chi connectivity index (χ2n) is 7.05. The first-order valence-electron chi connectivity index (χ1n) is 10.1. The Labute approximate surface area is 196 Å². The standard InChI is InChI=1S/2C13H9NOSe/c2*15-13-11-8-4-5-9-12(11)16-14(13)10-6-2-1-3-7-10/h2*1-9H. The molecule has 0 aliphatic rings. The second kappa shape index (κ2) is 9.15.